The standard InChI is InChI=1S/C17H23ClFN5O/c1-4-20-16(21-8-12-5-6-15(19)14(18)7-12)22-11-17(2,25)13-9-23-24(3)10-13/h5-7,9-10,25H,4,8,11H2,1-3H3,(H2,20,21,22). The van der Waals surface area contributed by atoms with Crippen LogP contribution in [0.2, 0.25) is 5.02 Å². The number of aryl methyl sites for hydroxylation is 1. The monoisotopic (exact) mass is 367 g/mol. The number of aliphatic hydroxyl groups is 1. The van der Waals surface area contributed by atoms with Gasteiger partial charge in [0.15, 0.2) is 5.96 Å². The third kappa shape index (κ3) is 5.44. The van der Waals surface area contributed by atoms with E-state index in [1.54, 1.807) is 43.2 Å². The second-order valence-electron chi connectivity index (χ2n) is 5.97. The van der Waals surface area contributed by atoms with E-state index < -0.39 is 11.4 Å². The first-order valence-electron chi connectivity index (χ1n) is 7.99. The summed E-state index contributed by atoms with van der Waals surface area (Å²) in [6, 6.07) is 4.51. The van der Waals surface area contributed by atoms with Gasteiger partial charge in [0.25, 0.3) is 0 Å². The van der Waals surface area contributed by atoms with Gasteiger partial charge in [-0.3, -0.25) is 4.68 Å². The fourth-order valence-corrected chi connectivity index (χ4v) is 2.41. The molecular weight excluding hydrogens is 345 g/mol. The number of benzene rings is 1. The molecule has 0 aliphatic rings. The Morgan fingerprint density at radius 2 is 2.20 bits per heavy atom. The summed E-state index contributed by atoms with van der Waals surface area (Å²) in [4.78, 5) is 4.44. The minimum Gasteiger partial charge on any atom is -0.383 e. The Kier molecular flexibility index (Phi) is 6.39. The molecule has 0 spiro atoms. The summed E-state index contributed by atoms with van der Waals surface area (Å²) in [7, 11) is 1.80. The Hall–Kier alpha value is -2.12. The highest BCUT2D eigenvalue weighted by Gasteiger charge is 2.24. The van der Waals surface area contributed by atoms with Gasteiger partial charge in [0.1, 0.15) is 11.4 Å². The Labute approximate surface area is 151 Å². The molecule has 1 aromatic heterocycles. The molecule has 1 aromatic carbocycles. The molecule has 0 aliphatic heterocycles. The molecule has 0 saturated heterocycles. The zero-order chi connectivity index (χ0) is 18.4. The second-order valence-corrected chi connectivity index (χ2v) is 6.38. The molecule has 1 atom stereocenters. The molecule has 0 radical (unpaired) electrons. The second kappa shape index (κ2) is 8.31. The molecule has 1 unspecified atom stereocenters. The van der Waals surface area contributed by atoms with E-state index in [-0.39, 0.29) is 11.6 Å². The molecule has 25 heavy (non-hydrogen) atoms. The van der Waals surface area contributed by atoms with E-state index in [9.17, 15) is 9.50 Å². The molecule has 8 heteroatoms. The summed E-state index contributed by atoms with van der Waals surface area (Å²) < 4.78 is 14.8. The van der Waals surface area contributed by atoms with Crippen LogP contribution in [0.1, 0.15) is 25.0 Å². The normalized spacial score (nSPS) is 14.2. The Morgan fingerprint density at radius 1 is 1.44 bits per heavy atom. The average molecular weight is 368 g/mol. The molecule has 136 valence electrons. The molecule has 0 fully saturated rings. The lowest BCUT2D eigenvalue weighted by molar-refractivity contribution is 0.0616. The van der Waals surface area contributed by atoms with Crippen LogP contribution in [0, 0.1) is 5.82 Å². The zero-order valence-electron chi connectivity index (χ0n) is 14.6. The summed E-state index contributed by atoms with van der Waals surface area (Å²) in [5.41, 5.74) is 0.412. The van der Waals surface area contributed by atoms with E-state index in [2.05, 4.69) is 20.7 Å². The van der Waals surface area contributed by atoms with Gasteiger partial charge < -0.3 is 15.7 Å². The van der Waals surface area contributed by atoms with Gasteiger partial charge in [0, 0.05) is 25.4 Å². The van der Waals surface area contributed by atoms with Crippen molar-refractivity contribution >= 4 is 17.6 Å². The van der Waals surface area contributed by atoms with Gasteiger partial charge >= 0.3 is 0 Å². The third-order valence-electron chi connectivity index (χ3n) is 3.67. The maximum absolute atomic E-state index is 13.2. The van der Waals surface area contributed by atoms with Crippen molar-refractivity contribution in [2.75, 3.05) is 13.1 Å². The number of nitrogens with one attached hydrogen (secondary N) is 2. The van der Waals surface area contributed by atoms with Crippen LogP contribution in [0.15, 0.2) is 35.6 Å². The van der Waals surface area contributed by atoms with Gasteiger partial charge in [-0.1, -0.05) is 17.7 Å². The van der Waals surface area contributed by atoms with Crippen LogP contribution in [0.25, 0.3) is 0 Å². The fraction of sp³-hybridized carbons (Fsp3) is 0.412. The summed E-state index contributed by atoms with van der Waals surface area (Å²) in [5.74, 6) is 0.0964. The summed E-state index contributed by atoms with van der Waals surface area (Å²) in [6.07, 6.45) is 3.40. The minimum absolute atomic E-state index is 0.0742. The quantitative estimate of drug-likeness (QED) is 0.540. The lowest BCUT2D eigenvalue weighted by atomic mass is 10.00. The highest BCUT2D eigenvalue weighted by molar-refractivity contribution is 6.30. The van der Waals surface area contributed by atoms with Crippen LogP contribution >= 0.6 is 11.6 Å². The van der Waals surface area contributed by atoms with Crippen LogP contribution in [0.3, 0.4) is 0 Å². The number of aromatic nitrogens is 2. The molecular formula is C17H23ClFN5O. The van der Waals surface area contributed by atoms with Crippen molar-refractivity contribution in [1.29, 1.82) is 0 Å². The van der Waals surface area contributed by atoms with Gasteiger partial charge in [-0.25, -0.2) is 9.38 Å². The summed E-state index contributed by atoms with van der Waals surface area (Å²) >= 11 is 5.79. The van der Waals surface area contributed by atoms with E-state index in [0.29, 0.717) is 24.6 Å². The molecule has 6 nitrogen and oxygen atoms in total. The van der Waals surface area contributed by atoms with Crippen molar-refractivity contribution in [3.05, 3.63) is 52.6 Å². The predicted molar refractivity (Wildman–Crippen MR) is 97.0 cm³/mol. The van der Waals surface area contributed by atoms with E-state index >= 15 is 0 Å². The molecule has 2 aromatic rings. The summed E-state index contributed by atoms with van der Waals surface area (Å²) in [6.45, 7) is 4.93. The highest BCUT2D eigenvalue weighted by atomic mass is 35.5. The molecule has 0 amide bonds. The largest absolute Gasteiger partial charge is 0.383 e. The van der Waals surface area contributed by atoms with Crippen molar-refractivity contribution in [3.8, 4) is 0 Å². The van der Waals surface area contributed by atoms with Crippen LogP contribution in [0.4, 0.5) is 4.39 Å². The molecule has 2 rings (SSSR count). The van der Waals surface area contributed by atoms with E-state index in [1.165, 1.54) is 6.07 Å². The Morgan fingerprint density at radius 3 is 2.80 bits per heavy atom. The van der Waals surface area contributed by atoms with Crippen molar-refractivity contribution in [2.45, 2.75) is 26.0 Å². The van der Waals surface area contributed by atoms with Crippen molar-refractivity contribution in [1.82, 2.24) is 20.4 Å². The van der Waals surface area contributed by atoms with Crippen molar-refractivity contribution in [3.63, 3.8) is 0 Å². The van der Waals surface area contributed by atoms with Crippen molar-refractivity contribution < 1.29 is 9.50 Å². The van der Waals surface area contributed by atoms with Crippen molar-refractivity contribution in [2.24, 2.45) is 12.0 Å². The van der Waals surface area contributed by atoms with Crippen LogP contribution in [-0.2, 0) is 19.2 Å². The summed E-state index contributed by atoms with van der Waals surface area (Å²) in [5, 5.41) is 21.0. The van der Waals surface area contributed by atoms with Crippen LogP contribution < -0.4 is 10.6 Å². The molecule has 1 heterocycles. The van der Waals surface area contributed by atoms with Gasteiger partial charge in [-0.05, 0) is 31.5 Å². The average Bonchev–Trinajstić information content (AvgIpc) is 3.01. The molecule has 0 aliphatic carbocycles. The van der Waals surface area contributed by atoms with E-state index in [4.69, 9.17) is 11.6 Å². The molecule has 3 N–H and O–H groups in total. The van der Waals surface area contributed by atoms with Crippen LogP contribution in [-0.4, -0.2) is 33.9 Å². The number of hydrogen-bond donors (Lipinski definition) is 3. The first-order valence-corrected chi connectivity index (χ1v) is 8.37. The minimum atomic E-state index is -1.09. The first-order chi connectivity index (χ1) is 11.8. The smallest absolute Gasteiger partial charge is 0.191 e. The van der Waals surface area contributed by atoms with E-state index in [0.717, 1.165) is 5.56 Å². The SMILES string of the molecule is CCNC(=NCc1ccc(F)c(Cl)c1)NCC(C)(O)c1cnn(C)c1. The maximum atomic E-state index is 13.2. The topological polar surface area (TPSA) is 74.5 Å². The number of nitrogens with zero attached hydrogens (tertiary/aromatic N) is 3. The van der Waals surface area contributed by atoms with Gasteiger partial charge in [0.2, 0.25) is 0 Å². The van der Waals surface area contributed by atoms with Gasteiger partial charge in [-0.15, -0.1) is 0 Å². The Bertz CT molecular complexity index is 744. The zero-order valence-corrected chi connectivity index (χ0v) is 15.3. The first kappa shape index (κ1) is 19.2. The number of hydrogen-bond acceptors (Lipinski definition) is 3. The van der Waals surface area contributed by atoms with Crippen LogP contribution in [0.5, 0.6) is 0 Å². The highest BCUT2D eigenvalue weighted by Crippen LogP contribution is 2.19. The van der Waals surface area contributed by atoms with Gasteiger partial charge in [-0.2, -0.15) is 5.10 Å². The van der Waals surface area contributed by atoms with E-state index in [1.807, 2.05) is 6.92 Å². The molecule has 0 bridgehead atoms. The number of rotatable bonds is 6. The van der Waals surface area contributed by atoms with Gasteiger partial charge in [0.05, 0.1) is 24.3 Å². The molecule has 0 saturated carbocycles. The lowest BCUT2D eigenvalue weighted by Gasteiger charge is -2.23. The number of guanidine groups is 1. The predicted octanol–water partition coefficient (Wildman–Crippen LogP) is 2.18. The number of aliphatic imine (C=N–C) groups is 1. The Balaban J connectivity index is 2.03. The fourth-order valence-electron chi connectivity index (χ4n) is 2.21. The number of halogens is 2. The lowest BCUT2D eigenvalue weighted by Crippen LogP contribution is -2.44. The maximum Gasteiger partial charge on any atom is 0.191 e. The third-order valence-corrected chi connectivity index (χ3v) is 3.96.